The van der Waals surface area contributed by atoms with Crippen LogP contribution >= 0.6 is 11.6 Å². The third-order valence-corrected chi connectivity index (χ3v) is 3.94. The van der Waals surface area contributed by atoms with Gasteiger partial charge in [0.15, 0.2) is 0 Å². The number of anilines is 1. The second-order valence-corrected chi connectivity index (χ2v) is 6.33. The van der Waals surface area contributed by atoms with Crippen molar-refractivity contribution in [1.82, 2.24) is 5.32 Å². The lowest BCUT2D eigenvalue weighted by Gasteiger charge is -2.27. The molecule has 0 unspecified atom stereocenters. The summed E-state index contributed by atoms with van der Waals surface area (Å²) in [5.41, 5.74) is 2.46. The van der Waals surface area contributed by atoms with E-state index in [9.17, 15) is 0 Å². The highest BCUT2D eigenvalue weighted by Crippen LogP contribution is 2.36. The summed E-state index contributed by atoms with van der Waals surface area (Å²) in [5, 5.41) is 4.05. The summed E-state index contributed by atoms with van der Waals surface area (Å²) in [4.78, 5) is 2.51. The summed E-state index contributed by atoms with van der Waals surface area (Å²) in [6, 6.07) is 7.18. The maximum atomic E-state index is 6.48. The van der Waals surface area contributed by atoms with Gasteiger partial charge in [-0.2, -0.15) is 0 Å². The van der Waals surface area contributed by atoms with E-state index in [2.05, 4.69) is 42.3 Å². The molecule has 0 amide bonds. The molecule has 0 bridgehead atoms. The Bertz CT molecular complexity index is 413. The molecule has 1 saturated carbocycles. The molecule has 0 atom stereocenters. The first kappa shape index (κ1) is 14.7. The zero-order valence-corrected chi connectivity index (χ0v) is 13.0. The van der Waals surface area contributed by atoms with Gasteiger partial charge in [-0.15, -0.1) is 0 Å². The molecule has 0 spiro atoms. The Morgan fingerprint density at radius 1 is 1.37 bits per heavy atom. The van der Waals surface area contributed by atoms with Gasteiger partial charge < -0.3 is 10.2 Å². The van der Waals surface area contributed by atoms with E-state index < -0.39 is 0 Å². The molecule has 0 heterocycles. The monoisotopic (exact) mass is 280 g/mol. The third-order valence-electron chi connectivity index (χ3n) is 3.64. The lowest BCUT2D eigenvalue weighted by molar-refractivity contribution is 0.571. The molecule has 19 heavy (non-hydrogen) atoms. The molecular formula is C16H25ClN2. The van der Waals surface area contributed by atoms with Crippen molar-refractivity contribution >= 4 is 17.3 Å². The van der Waals surface area contributed by atoms with Gasteiger partial charge in [0.1, 0.15) is 0 Å². The van der Waals surface area contributed by atoms with Crippen LogP contribution in [-0.4, -0.2) is 19.6 Å². The molecule has 1 aliphatic carbocycles. The zero-order valence-electron chi connectivity index (χ0n) is 12.2. The summed E-state index contributed by atoms with van der Waals surface area (Å²) >= 11 is 6.48. The van der Waals surface area contributed by atoms with Crippen molar-refractivity contribution in [1.29, 1.82) is 0 Å². The van der Waals surface area contributed by atoms with E-state index in [1.54, 1.807) is 0 Å². The first-order valence-corrected chi connectivity index (χ1v) is 7.69. The van der Waals surface area contributed by atoms with Gasteiger partial charge in [0, 0.05) is 19.1 Å². The van der Waals surface area contributed by atoms with Crippen LogP contribution in [0.4, 0.5) is 5.69 Å². The Morgan fingerprint density at radius 3 is 2.63 bits per heavy atom. The highest BCUT2D eigenvalue weighted by molar-refractivity contribution is 6.33. The van der Waals surface area contributed by atoms with Gasteiger partial charge in [-0.3, -0.25) is 0 Å². The molecule has 1 N–H and O–H groups in total. The van der Waals surface area contributed by atoms with Gasteiger partial charge >= 0.3 is 0 Å². The highest BCUT2D eigenvalue weighted by atomic mass is 35.5. The summed E-state index contributed by atoms with van der Waals surface area (Å²) in [6.07, 6.45) is 3.85. The van der Waals surface area contributed by atoms with E-state index in [4.69, 9.17) is 11.6 Å². The molecule has 1 aromatic carbocycles. The van der Waals surface area contributed by atoms with Crippen molar-refractivity contribution in [2.45, 2.75) is 45.7 Å². The number of benzene rings is 1. The van der Waals surface area contributed by atoms with E-state index >= 15 is 0 Å². The molecule has 2 rings (SSSR count). The Hall–Kier alpha value is -0.730. The fraction of sp³-hybridized carbons (Fsp3) is 0.625. The van der Waals surface area contributed by atoms with Gasteiger partial charge in [-0.1, -0.05) is 31.5 Å². The molecule has 0 saturated heterocycles. The molecule has 106 valence electrons. The predicted octanol–water partition coefficient (Wildman–Crippen LogP) is 4.07. The largest absolute Gasteiger partial charge is 0.367 e. The van der Waals surface area contributed by atoms with Crippen molar-refractivity contribution in [2.75, 3.05) is 18.5 Å². The topological polar surface area (TPSA) is 15.3 Å². The van der Waals surface area contributed by atoms with Crippen LogP contribution in [0, 0.1) is 5.92 Å². The lowest BCUT2D eigenvalue weighted by atomic mass is 10.1. The van der Waals surface area contributed by atoms with Gasteiger partial charge in [-0.25, -0.2) is 0 Å². The molecule has 2 nitrogen and oxygen atoms in total. The van der Waals surface area contributed by atoms with E-state index in [0.717, 1.165) is 24.0 Å². The van der Waals surface area contributed by atoms with Gasteiger partial charge in [0.05, 0.1) is 10.7 Å². The smallest absolute Gasteiger partial charge is 0.0642 e. The number of hydrogen-bond donors (Lipinski definition) is 1. The summed E-state index contributed by atoms with van der Waals surface area (Å²) < 4.78 is 0. The third kappa shape index (κ3) is 4.12. The molecule has 1 fully saturated rings. The van der Waals surface area contributed by atoms with Crippen LogP contribution in [0.15, 0.2) is 18.2 Å². The maximum absolute atomic E-state index is 6.48. The van der Waals surface area contributed by atoms with Gasteiger partial charge in [-0.05, 0) is 49.9 Å². The minimum atomic E-state index is 0.714. The Kier molecular flexibility index (Phi) is 5.12. The summed E-state index contributed by atoms with van der Waals surface area (Å²) in [5.74, 6) is 0.739. The number of halogens is 1. The van der Waals surface area contributed by atoms with Crippen LogP contribution in [0.25, 0.3) is 0 Å². The second-order valence-electron chi connectivity index (χ2n) is 5.92. The van der Waals surface area contributed by atoms with E-state index in [0.29, 0.717) is 6.04 Å². The molecule has 0 aliphatic heterocycles. The highest BCUT2D eigenvalue weighted by Gasteiger charge is 2.30. The van der Waals surface area contributed by atoms with Crippen LogP contribution in [-0.2, 0) is 6.54 Å². The van der Waals surface area contributed by atoms with Crippen molar-refractivity contribution in [3.63, 3.8) is 0 Å². The van der Waals surface area contributed by atoms with Crippen LogP contribution < -0.4 is 10.2 Å². The van der Waals surface area contributed by atoms with Crippen molar-refractivity contribution in [3.8, 4) is 0 Å². The SMILES string of the molecule is CNCc1ccc(N(CCC(C)C)C2CC2)c(Cl)c1. The predicted molar refractivity (Wildman–Crippen MR) is 84.0 cm³/mol. The molecule has 1 aliphatic rings. The number of hydrogen-bond acceptors (Lipinski definition) is 2. The Morgan fingerprint density at radius 2 is 2.11 bits per heavy atom. The second kappa shape index (κ2) is 6.62. The maximum Gasteiger partial charge on any atom is 0.0642 e. The van der Waals surface area contributed by atoms with Gasteiger partial charge in [0.25, 0.3) is 0 Å². The first-order chi connectivity index (χ1) is 9.11. The van der Waals surface area contributed by atoms with Crippen molar-refractivity contribution in [2.24, 2.45) is 5.92 Å². The lowest BCUT2D eigenvalue weighted by Crippen LogP contribution is -2.28. The minimum absolute atomic E-state index is 0.714. The van der Waals surface area contributed by atoms with E-state index in [1.165, 1.54) is 30.5 Å². The Balaban J connectivity index is 2.12. The van der Waals surface area contributed by atoms with Crippen LogP contribution in [0.5, 0.6) is 0 Å². The standard InChI is InChI=1S/C16H25ClN2/c1-12(2)8-9-19(14-5-6-14)16-7-4-13(11-18-3)10-15(16)17/h4,7,10,12,14,18H,5-6,8-9,11H2,1-3H3. The van der Waals surface area contributed by atoms with Crippen LogP contribution in [0.2, 0.25) is 5.02 Å². The Labute approximate surface area is 122 Å². The quantitative estimate of drug-likeness (QED) is 0.810. The molecule has 0 aromatic heterocycles. The average molecular weight is 281 g/mol. The van der Waals surface area contributed by atoms with Crippen LogP contribution in [0.1, 0.15) is 38.7 Å². The van der Waals surface area contributed by atoms with Crippen molar-refractivity contribution in [3.05, 3.63) is 28.8 Å². The molecule has 3 heteroatoms. The van der Waals surface area contributed by atoms with E-state index in [1.807, 2.05) is 7.05 Å². The van der Waals surface area contributed by atoms with E-state index in [-0.39, 0.29) is 0 Å². The van der Waals surface area contributed by atoms with Gasteiger partial charge in [0.2, 0.25) is 0 Å². The average Bonchev–Trinajstić information content (AvgIpc) is 3.16. The number of nitrogens with one attached hydrogen (secondary N) is 1. The normalized spacial score (nSPS) is 15.0. The fourth-order valence-electron chi connectivity index (χ4n) is 2.38. The fourth-order valence-corrected chi connectivity index (χ4v) is 2.69. The number of nitrogens with zero attached hydrogens (tertiary/aromatic N) is 1. The first-order valence-electron chi connectivity index (χ1n) is 7.31. The zero-order chi connectivity index (χ0) is 13.8. The van der Waals surface area contributed by atoms with Crippen LogP contribution in [0.3, 0.4) is 0 Å². The molecule has 1 aromatic rings. The summed E-state index contributed by atoms with van der Waals surface area (Å²) in [6.45, 7) is 6.55. The summed E-state index contributed by atoms with van der Waals surface area (Å²) in [7, 11) is 1.96. The number of rotatable bonds is 7. The van der Waals surface area contributed by atoms with Crippen molar-refractivity contribution < 1.29 is 0 Å². The molecular weight excluding hydrogens is 256 g/mol. The minimum Gasteiger partial charge on any atom is -0.367 e. The molecule has 0 radical (unpaired) electrons.